The summed E-state index contributed by atoms with van der Waals surface area (Å²) in [7, 11) is 0. The summed E-state index contributed by atoms with van der Waals surface area (Å²) in [6.45, 7) is 0.661. The van der Waals surface area contributed by atoms with Crippen LogP contribution in [0, 0.1) is 5.82 Å². The Morgan fingerprint density at radius 2 is 2.00 bits per heavy atom. The highest BCUT2D eigenvalue weighted by molar-refractivity contribution is 7.10. The number of thiazole rings is 1. The fourth-order valence-electron chi connectivity index (χ4n) is 2.37. The molecule has 0 N–H and O–H groups in total. The maximum absolute atomic E-state index is 13.2. The van der Waals surface area contributed by atoms with E-state index in [2.05, 4.69) is 4.98 Å². The second kappa shape index (κ2) is 5.18. The summed E-state index contributed by atoms with van der Waals surface area (Å²) in [5, 5.41) is 0. The minimum absolute atomic E-state index is 0.0856. The number of hydrogen-bond donors (Lipinski definition) is 0. The smallest absolute Gasteiger partial charge is 0.261 e. The molecule has 0 radical (unpaired) electrons. The van der Waals surface area contributed by atoms with E-state index >= 15 is 0 Å². The van der Waals surface area contributed by atoms with E-state index < -0.39 is 5.92 Å². The number of halogens is 3. The van der Waals surface area contributed by atoms with Gasteiger partial charge in [-0.2, -0.15) is 0 Å². The Hall–Kier alpha value is -1.40. The Balaban J connectivity index is 1.79. The van der Waals surface area contributed by atoms with Crippen LogP contribution < -0.4 is 0 Å². The van der Waals surface area contributed by atoms with Gasteiger partial charge in [0.15, 0.2) is 0 Å². The minimum atomic E-state index is -2.58. The lowest BCUT2D eigenvalue weighted by Crippen LogP contribution is -2.24. The van der Waals surface area contributed by atoms with Gasteiger partial charge in [-0.1, -0.05) is 0 Å². The maximum Gasteiger partial charge on any atom is 0.261 e. The third-order valence-electron chi connectivity index (χ3n) is 3.37. The molecule has 106 valence electrons. The van der Waals surface area contributed by atoms with Crippen molar-refractivity contribution in [2.45, 2.75) is 18.9 Å². The molecule has 2 aromatic rings. The van der Waals surface area contributed by atoms with Gasteiger partial charge < -0.3 is 0 Å². The molecule has 1 fully saturated rings. The van der Waals surface area contributed by atoms with Crippen LogP contribution in [-0.4, -0.2) is 28.9 Å². The first-order valence-electron chi connectivity index (χ1n) is 6.32. The second-order valence-corrected chi connectivity index (χ2v) is 5.89. The zero-order chi connectivity index (χ0) is 14.2. The SMILES string of the molecule is Fc1ccc(-c2ncsc2CN2CCC(F)(F)C2)cc1. The quantitative estimate of drug-likeness (QED) is 0.857. The van der Waals surface area contributed by atoms with Crippen LogP contribution in [0.5, 0.6) is 0 Å². The third-order valence-corrected chi connectivity index (χ3v) is 4.19. The van der Waals surface area contributed by atoms with Gasteiger partial charge >= 0.3 is 0 Å². The van der Waals surface area contributed by atoms with Crippen LogP contribution in [0.4, 0.5) is 13.2 Å². The van der Waals surface area contributed by atoms with Crippen LogP contribution in [0.2, 0.25) is 0 Å². The molecule has 20 heavy (non-hydrogen) atoms. The number of rotatable bonds is 3. The summed E-state index contributed by atoms with van der Waals surface area (Å²) in [5.41, 5.74) is 3.27. The standard InChI is InChI=1S/C14H13F3N2S/c15-11-3-1-10(2-4-11)13-12(20-9-18-13)7-19-6-5-14(16,17)8-19/h1-4,9H,5-8H2. The molecule has 0 spiro atoms. The van der Waals surface area contributed by atoms with Gasteiger partial charge in [-0.15, -0.1) is 11.3 Å². The average molecular weight is 298 g/mol. The number of aromatic nitrogens is 1. The number of alkyl halides is 2. The topological polar surface area (TPSA) is 16.1 Å². The molecule has 2 heterocycles. The lowest BCUT2D eigenvalue weighted by Gasteiger charge is -2.15. The molecule has 0 unspecified atom stereocenters. The number of nitrogens with zero attached hydrogens (tertiary/aromatic N) is 2. The first-order valence-corrected chi connectivity index (χ1v) is 7.20. The van der Waals surface area contributed by atoms with Gasteiger partial charge in [0.2, 0.25) is 0 Å². The van der Waals surface area contributed by atoms with Crippen molar-refractivity contribution in [3.63, 3.8) is 0 Å². The van der Waals surface area contributed by atoms with Gasteiger partial charge in [0, 0.05) is 30.0 Å². The van der Waals surface area contributed by atoms with E-state index in [1.54, 1.807) is 22.5 Å². The summed E-state index contributed by atoms with van der Waals surface area (Å²) in [6, 6.07) is 6.07. The number of likely N-dealkylation sites (tertiary alicyclic amines) is 1. The Morgan fingerprint density at radius 1 is 1.25 bits per heavy atom. The second-order valence-electron chi connectivity index (χ2n) is 4.95. The molecule has 1 aliphatic rings. The number of benzene rings is 1. The molecule has 1 aromatic carbocycles. The lowest BCUT2D eigenvalue weighted by atomic mass is 10.1. The van der Waals surface area contributed by atoms with Crippen molar-refractivity contribution < 1.29 is 13.2 Å². The summed E-state index contributed by atoms with van der Waals surface area (Å²) in [5.74, 6) is -2.88. The number of hydrogen-bond acceptors (Lipinski definition) is 3. The zero-order valence-electron chi connectivity index (χ0n) is 10.7. The molecule has 0 amide bonds. The molecule has 1 saturated heterocycles. The molecule has 0 aliphatic carbocycles. The van der Waals surface area contributed by atoms with Crippen molar-refractivity contribution in [3.8, 4) is 11.3 Å². The minimum Gasteiger partial charge on any atom is -0.292 e. The first kappa shape index (κ1) is 13.6. The lowest BCUT2D eigenvalue weighted by molar-refractivity contribution is 0.0116. The van der Waals surface area contributed by atoms with Crippen LogP contribution in [0.1, 0.15) is 11.3 Å². The summed E-state index contributed by atoms with van der Waals surface area (Å²) < 4.78 is 39.3. The van der Waals surface area contributed by atoms with Gasteiger partial charge in [0.05, 0.1) is 17.7 Å². The fraction of sp³-hybridized carbons (Fsp3) is 0.357. The van der Waals surface area contributed by atoms with Crippen molar-refractivity contribution in [1.82, 2.24) is 9.88 Å². The molecular formula is C14H13F3N2S. The van der Waals surface area contributed by atoms with E-state index in [4.69, 9.17) is 0 Å². The van der Waals surface area contributed by atoms with Crippen molar-refractivity contribution in [2.75, 3.05) is 13.1 Å². The summed E-state index contributed by atoms with van der Waals surface area (Å²) in [4.78, 5) is 6.95. The molecule has 0 atom stereocenters. The van der Waals surface area contributed by atoms with Crippen LogP contribution in [0.15, 0.2) is 29.8 Å². The van der Waals surface area contributed by atoms with E-state index in [1.807, 2.05) is 0 Å². The highest BCUT2D eigenvalue weighted by atomic mass is 32.1. The van der Waals surface area contributed by atoms with Crippen molar-refractivity contribution in [2.24, 2.45) is 0 Å². The average Bonchev–Trinajstić information content (AvgIpc) is 2.98. The van der Waals surface area contributed by atoms with Gasteiger partial charge in [0.25, 0.3) is 5.92 Å². The van der Waals surface area contributed by atoms with Crippen molar-refractivity contribution >= 4 is 11.3 Å². The predicted molar refractivity (Wildman–Crippen MR) is 72.3 cm³/mol. The summed E-state index contributed by atoms with van der Waals surface area (Å²) >= 11 is 1.44. The molecule has 0 saturated carbocycles. The van der Waals surface area contributed by atoms with Gasteiger partial charge in [0.1, 0.15) is 5.82 Å². The Bertz CT molecular complexity index is 595. The van der Waals surface area contributed by atoms with Crippen LogP contribution >= 0.6 is 11.3 Å². The molecule has 6 heteroatoms. The van der Waals surface area contributed by atoms with Gasteiger partial charge in [-0.05, 0) is 24.3 Å². The van der Waals surface area contributed by atoms with E-state index in [0.717, 1.165) is 16.1 Å². The third kappa shape index (κ3) is 2.86. The zero-order valence-corrected chi connectivity index (χ0v) is 11.5. The normalized spacial score (nSPS) is 18.6. The Labute approximate surface area is 118 Å². The summed E-state index contributed by atoms with van der Waals surface area (Å²) in [6.07, 6.45) is -0.0856. The van der Waals surface area contributed by atoms with Gasteiger partial charge in [-0.3, -0.25) is 4.90 Å². The monoisotopic (exact) mass is 298 g/mol. The van der Waals surface area contributed by atoms with Crippen LogP contribution in [0.25, 0.3) is 11.3 Å². The van der Waals surface area contributed by atoms with Gasteiger partial charge in [-0.25, -0.2) is 18.2 Å². The largest absolute Gasteiger partial charge is 0.292 e. The Morgan fingerprint density at radius 3 is 2.65 bits per heavy atom. The molecule has 3 rings (SSSR count). The maximum atomic E-state index is 13.2. The van der Waals surface area contributed by atoms with Crippen LogP contribution in [0.3, 0.4) is 0 Å². The first-order chi connectivity index (χ1) is 9.53. The van der Waals surface area contributed by atoms with E-state index in [9.17, 15) is 13.2 Å². The molecule has 0 bridgehead atoms. The molecule has 2 nitrogen and oxygen atoms in total. The van der Waals surface area contributed by atoms with Crippen LogP contribution in [-0.2, 0) is 6.54 Å². The van der Waals surface area contributed by atoms with E-state index in [1.165, 1.54) is 23.5 Å². The highest BCUT2D eigenvalue weighted by Gasteiger charge is 2.38. The predicted octanol–water partition coefficient (Wildman–Crippen LogP) is 3.79. The van der Waals surface area contributed by atoms with Crippen molar-refractivity contribution in [1.29, 1.82) is 0 Å². The van der Waals surface area contributed by atoms with E-state index in [-0.39, 0.29) is 18.8 Å². The molecule has 1 aromatic heterocycles. The molecule has 1 aliphatic heterocycles. The van der Waals surface area contributed by atoms with E-state index in [0.29, 0.717) is 13.1 Å². The fourth-order valence-corrected chi connectivity index (χ4v) is 3.20. The van der Waals surface area contributed by atoms with Crippen molar-refractivity contribution in [3.05, 3.63) is 40.5 Å². The molecular weight excluding hydrogens is 285 g/mol. The Kier molecular flexibility index (Phi) is 3.52. The highest BCUT2D eigenvalue weighted by Crippen LogP contribution is 2.31.